The van der Waals surface area contributed by atoms with Crippen LogP contribution in [0.25, 0.3) is 22.2 Å². The lowest BCUT2D eigenvalue weighted by Crippen LogP contribution is -2.35. The van der Waals surface area contributed by atoms with Gasteiger partial charge in [0.2, 0.25) is 11.7 Å². The van der Waals surface area contributed by atoms with Gasteiger partial charge >= 0.3 is 0 Å². The van der Waals surface area contributed by atoms with Crippen LogP contribution < -0.4 is 5.32 Å². The molecule has 0 spiro atoms. The maximum Gasteiger partial charge on any atom is 0.229 e. The minimum Gasteiger partial charge on any atom is -0.339 e. The zero-order chi connectivity index (χ0) is 22.8. The number of hydrogen-bond donors (Lipinski definition) is 1. The van der Waals surface area contributed by atoms with Crippen LogP contribution in [-0.4, -0.2) is 16.2 Å². The Kier molecular flexibility index (Phi) is 6.28. The van der Waals surface area contributed by atoms with Crippen LogP contribution in [0.5, 0.6) is 0 Å². The summed E-state index contributed by atoms with van der Waals surface area (Å²) in [4.78, 5) is 4.53. The Morgan fingerprint density at radius 1 is 0.909 bits per heavy atom. The summed E-state index contributed by atoms with van der Waals surface area (Å²) < 4.78 is 5.37. The van der Waals surface area contributed by atoms with Crippen LogP contribution in [0.2, 0.25) is 0 Å². The van der Waals surface area contributed by atoms with Crippen LogP contribution >= 0.6 is 0 Å². The molecule has 170 valence electrons. The van der Waals surface area contributed by atoms with E-state index in [2.05, 4.69) is 103 Å². The number of benzene rings is 3. The summed E-state index contributed by atoms with van der Waals surface area (Å²) >= 11 is 0. The van der Waals surface area contributed by atoms with E-state index in [0.29, 0.717) is 29.7 Å². The largest absolute Gasteiger partial charge is 0.339 e. The summed E-state index contributed by atoms with van der Waals surface area (Å²) in [5.74, 6) is 2.20. The summed E-state index contributed by atoms with van der Waals surface area (Å²) in [5, 5.41) is 10.8. The summed E-state index contributed by atoms with van der Waals surface area (Å²) in [6, 6.07) is 25.0. The SMILES string of the molecule is CC(C)c1nc(-c2ccc(C3CCCC(NC(C)c4cccc5ccccc45)C3)cc2)no1. The molecule has 0 bridgehead atoms. The van der Waals surface area contributed by atoms with Gasteiger partial charge in [-0.2, -0.15) is 4.98 Å². The molecular formula is C29H33N3O. The van der Waals surface area contributed by atoms with Crippen LogP contribution in [0.15, 0.2) is 71.3 Å². The Morgan fingerprint density at radius 2 is 1.70 bits per heavy atom. The predicted octanol–water partition coefficient (Wildman–Crippen LogP) is 7.39. The maximum atomic E-state index is 5.37. The molecule has 3 atom stereocenters. The fourth-order valence-electron chi connectivity index (χ4n) is 5.21. The first-order chi connectivity index (χ1) is 16.1. The van der Waals surface area contributed by atoms with Gasteiger partial charge in [0, 0.05) is 23.6 Å². The third-order valence-corrected chi connectivity index (χ3v) is 7.03. The predicted molar refractivity (Wildman–Crippen MR) is 134 cm³/mol. The first-order valence-corrected chi connectivity index (χ1v) is 12.3. The Bertz CT molecular complexity index is 1210. The smallest absolute Gasteiger partial charge is 0.229 e. The number of fused-ring (bicyclic) bond motifs is 1. The van der Waals surface area contributed by atoms with E-state index < -0.39 is 0 Å². The van der Waals surface area contributed by atoms with Gasteiger partial charge in [0.05, 0.1) is 0 Å². The van der Waals surface area contributed by atoms with Crippen LogP contribution in [-0.2, 0) is 0 Å². The van der Waals surface area contributed by atoms with E-state index in [1.807, 2.05) is 0 Å². The van der Waals surface area contributed by atoms with Crippen LogP contribution in [0.4, 0.5) is 0 Å². The van der Waals surface area contributed by atoms with E-state index in [1.165, 1.54) is 47.6 Å². The highest BCUT2D eigenvalue weighted by molar-refractivity contribution is 5.86. The van der Waals surface area contributed by atoms with Gasteiger partial charge in [0.25, 0.3) is 0 Å². The second-order valence-corrected chi connectivity index (χ2v) is 9.75. The van der Waals surface area contributed by atoms with E-state index in [4.69, 9.17) is 4.52 Å². The summed E-state index contributed by atoms with van der Waals surface area (Å²) in [7, 11) is 0. The molecule has 1 aliphatic rings. The lowest BCUT2D eigenvalue weighted by atomic mass is 9.80. The molecule has 1 N–H and O–H groups in total. The zero-order valence-corrected chi connectivity index (χ0v) is 19.8. The molecule has 1 saturated carbocycles. The fraction of sp³-hybridized carbons (Fsp3) is 0.379. The zero-order valence-electron chi connectivity index (χ0n) is 19.8. The maximum absolute atomic E-state index is 5.37. The van der Waals surface area contributed by atoms with Crippen LogP contribution in [0.1, 0.15) is 81.3 Å². The quantitative estimate of drug-likeness (QED) is 0.340. The first-order valence-electron chi connectivity index (χ1n) is 12.3. The van der Waals surface area contributed by atoms with Gasteiger partial charge in [-0.1, -0.05) is 92.2 Å². The van der Waals surface area contributed by atoms with Gasteiger partial charge < -0.3 is 9.84 Å². The molecule has 0 radical (unpaired) electrons. The number of hydrogen-bond acceptors (Lipinski definition) is 4. The molecule has 4 heteroatoms. The average molecular weight is 440 g/mol. The highest BCUT2D eigenvalue weighted by atomic mass is 16.5. The van der Waals surface area contributed by atoms with Crippen molar-refractivity contribution in [2.45, 2.75) is 70.4 Å². The molecule has 1 aromatic heterocycles. The Hall–Kier alpha value is -2.98. The molecule has 5 rings (SSSR count). The van der Waals surface area contributed by atoms with Gasteiger partial charge in [0.15, 0.2) is 0 Å². The molecule has 1 heterocycles. The summed E-state index contributed by atoms with van der Waals surface area (Å²) in [6.45, 7) is 6.43. The monoisotopic (exact) mass is 439 g/mol. The molecule has 1 fully saturated rings. The minimum absolute atomic E-state index is 0.244. The van der Waals surface area contributed by atoms with Crippen molar-refractivity contribution >= 4 is 10.8 Å². The van der Waals surface area contributed by atoms with Crippen molar-refractivity contribution in [3.05, 3.63) is 83.7 Å². The van der Waals surface area contributed by atoms with Gasteiger partial charge in [-0.15, -0.1) is 0 Å². The lowest BCUT2D eigenvalue weighted by Gasteiger charge is -2.32. The van der Waals surface area contributed by atoms with Crippen molar-refractivity contribution in [1.29, 1.82) is 0 Å². The van der Waals surface area contributed by atoms with Crippen molar-refractivity contribution in [3.8, 4) is 11.4 Å². The Balaban J connectivity index is 1.26. The van der Waals surface area contributed by atoms with Crippen molar-refractivity contribution in [1.82, 2.24) is 15.5 Å². The molecule has 3 unspecified atom stereocenters. The molecule has 4 nitrogen and oxygen atoms in total. The minimum atomic E-state index is 0.244. The topological polar surface area (TPSA) is 51.0 Å². The molecular weight excluding hydrogens is 406 g/mol. The fourth-order valence-corrected chi connectivity index (χ4v) is 5.21. The van der Waals surface area contributed by atoms with Crippen molar-refractivity contribution in [3.63, 3.8) is 0 Å². The Morgan fingerprint density at radius 3 is 2.48 bits per heavy atom. The summed E-state index contributed by atoms with van der Waals surface area (Å²) in [5.41, 5.74) is 3.82. The highest BCUT2D eigenvalue weighted by Gasteiger charge is 2.25. The van der Waals surface area contributed by atoms with Crippen molar-refractivity contribution in [2.24, 2.45) is 0 Å². The van der Waals surface area contributed by atoms with E-state index in [0.717, 1.165) is 5.56 Å². The second kappa shape index (κ2) is 9.48. The van der Waals surface area contributed by atoms with E-state index in [9.17, 15) is 0 Å². The van der Waals surface area contributed by atoms with Crippen LogP contribution in [0, 0.1) is 0 Å². The number of nitrogens with one attached hydrogen (secondary N) is 1. The normalized spacial score (nSPS) is 19.8. The molecule has 33 heavy (non-hydrogen) atoms. The number of aromatic nitrogens is 2. The summed E-state index contributed by atoms with van der Waals surface area (Å²) in [6.07, 6.45) is 4.92. The molecule has 0 amide bonds. The molecule has 0 aliphatic heterocycles. The second-order valence-electron chi connectivity index (χ2n) is 9.75. The van der Waals surface area contributed by atoms with Gasteiger partial charge in [0.1, 0.15) is 0 Å². The third-order valence-electron chi connectivity index (χ3n) is 7.03. The van der Waals surface area contributed by atoms with E-state index in [1.54, 1.807) is 0 Å². The first kappa shape index (κ1) is 21.8. The third kappa shape index (κ3) is 4.72. The van der Waals surface area contributed by atoms with E-state index in [-0.39, 0.29) is 5.92 Å². The molecule has 4 aromatic rings. The average Bonchev–Trinajstić information content (AvgIpc) is 3.35. The highest BCUT2D eigenvalue weighted by Crippen LogP contribution is 2.35. The van der Waals surface area contributed by atoms with Crippen LogP contribution in [0.3, 0.4) is 0 Å². The lowest BCUT2D eigenvalue weighted by molar-refractivity contribution is 0.319. The van der Waals surface area contributed by atoms with Crippen molar-refractivity contribution in [2.75, 3.05) is 0 Å². The van der Waals surface area contributed by atoms with Crippen molar-refractivity contribution < 1.29 is 4.52 Å². The van der Waals surface area contributed by atoms with Gasteiger partial charge in [-0.25, -0.2) is 0 Å². The van der Waals surface area contributed by atoms with Gasteiger partial charge in [-0.3, -0.25) is 0 Å². The number of nitrogens with zero attached hydrogens (tertiary/aromatic N) is 2. The van der Waals surface area contributed by atoms with Gasteiger partial charge in [-0.05, 0) is 54.0 Å². The molecule has 0 saturated heterocycles. The Labute approximate surface area is 196 Å². The molecule has 1 aliphatic carbocycles. The van der Waals surface area contributed by atoms with E-state index >= 15 is 0 Å². The molecule has 3 aromatic carbocycles. The standard InChI is InChI=1S/C29H33N3O/c1-19(2)29-31-28(32-33-29)23-16-14-21(15-17-23)24-10-6-11-25(18-24)30-20(3)26-13-7-9-22-8-4-5-12-27(22)26/h4-5,7-9,12-17,19-20,24-25,30H,6,10-11,18H2,1-3H3. The number of rotatable bonds is 6.